The minimum atomic E-state index is -0.391. The van der Waals surface area contributed by atoms with Gasteiger partial charge >= 0.3 is 6.09 Å². The molecule has 2 saturated carbocycles. The first-order chi connectivity index (χ1) is 14.5. The predicted molar refractivity (Wildman–Crippen MR) is 112 cm³/mol. The highest BCUT2D eigenvalue weighted by Crippen LogP contribution is 2.39. The minimum Gasteiger partial charge on any atom is -0.489 e. The number of amides is 1. The number of carbonyl (C=O) groups is 1. The lowest BCUT2D eigenvalue weighted by molar-refractivity contribution is 0.131. The molecule has 2 fully saturated rings. The van der Waals surface area contributed by atoms with Gasteiger partial charge in [0.1, 0.15) is 23.7 Å². The van der Waals surface area contributed by atoms with Gasteiger partial charge < -0.3 is 14.8 Å². The third-order valence-electron chi connectivity index (χ3n) is 6.11. The highest BCUT2D eigenvalue weighted by atomic mass is 16.5. The van der Waals surface area contributed by atoms with E-state index in [9.17, 15) is 4.79 Å². The quantitative estimate of drug-likeness (QED) is 0.702. The van der Waals surface area contributed by atoms with Crippen molar-refractivity contribution in [2.45, 2.75) is 83.5 Å². The van der Waals surface area contributed by atoms with Crippen LogP contribution in [0.25, 0.3) is 11.4 Å². The zero-order valence-corrected chi connectivity index (χ0v) is 18.1. The van der Waals surface area contributed by atoms with Crippen LogP contribution in [0, 0.1) is 6.92 Å². The van der Waals surface area contributed by atoms with Crippen molar-refractivity contribution in [3.63, 3.8) is 0 Å². The Morgan fingerprint density at radius 1 is 1.30 bits per heavy atom. The third-order valence-corrected chi connectivity index (χ3v) is 6.11. The maximum Gasteiger partial charge on any atom is 0.407 e. The van der Waals surface area contributed by atoms with Crippen molar-refractivity contribution in [2.24, 2.45) is 7.05 Å². The molecule has 0 radical (unpaired) electrons. The van der Waals surface area contributed by atoms with Gasteiger partial charge in [0.15, 0.2) is 0 Å². The van der Waals surface area contributed by atoms with Gasteiger partial charge in [-0.2, -0.15) is 0 Å². The molecule has 0 atom stereocenters. The highest BCUT2D eigenvalue weighted by Gasteiger charge is 2.43. The van der Waals surface area contributed by atoms with E-state index >= 15 is 0 Å². The molecule has 4 rings (SSSR count). The number of rotatable bonds is 8. The summed E-state index contributed by atoms with van der Waals surface area (Å²) in [7, 11) is 1.79. The summed E-state index contributed by atoms with van der Waals surface area (Å²) in [5.74, 6) is 0.817. The zero-order valence-electron chi connectivity index (χ0n) is 18.1. The summed E-state index contributed by atoms with van der Waals surface area (Å²) >= 11 is 0. The van der Waals surface area contributed by atoms with Gasteiger partial charge in [0, 0.05) is 12.6 Å². The van der Waals surface area contributed by atoms with E-state index in [4.69, 9.17) is 9.47 Å². The number of hydrogen-bond donors (Lipinski definition) is 1. The fourth-order valence-corrected chi connectivity index (χ4v) is 4.18. The molecule has 0 bridgehead atoms. The topological polar surface area (TPSA) is 91.2 Å². The summed E-state index contributed by atoms with van der Waals surface area (Å²) < 4.78 is 13.2. The first-order valence-corrected chi connectivity index (χ1v) is 11.0. The Morgan fingerprint density at radius 3 is 2.73 bits per heavy atom. The van der Waals surface area contributed by atoms with Crippen molar-refractivity contribution >= 4 is 6.09 Å². The standard InChI is InChI=1S/C22H31N5O3/c1-4-11-22(12-13-22)24-21(28)29-14-18-20(25-26-27(18)3)17-9-10-19(15(2)23-17)30-16-7-5-6-8-16/h9-10,16H,4-8,11-14H2,1-3H3,(H,24,28). The number of hydrogen-bond acceptors (Lipinski definition) is 6. The average Bonchev–Trinajstić information content (AvgIpc) is 3.11. The molecule has 8 heteroatoms. The Balaban J connectivity index is 1.43. The molecule has 2 heterocycles. The smallest absolute Gasteiger partial charge is 0.407 e. The molecule has 2 aromatic rings. The van der Waals surface area contributed by atoms with Gasteiger partial charge in [-0.15, -0.1) is 5.10 Å². The fraction of sp³-hybridized carbons (Fsp3) is 0.636. The minimum absolute atomic E-state index is 0.0623. The van der Waals surface area contributed by atoms with Crippen molar-refractivity contribution in [2.75, 3.05) is 0 Å². The van der Waals surface area contributed by atoms with E-state index < -0.39 is 6.09 Å². The molecular weight excluding hydrogens is 382 g/mol. The molecule has 30 heavy (non-hydrogen) atoms. The van der Waals surface area contributed by atoms with Crippen LogP contribution in [0.5, 0.6) is 5.75 Å². The van der Waals surface area contributed by atoms with Crippen molar-refractivity contribution in [1.29, 1.82) is 0 Å². The van der Waals surface area contributed by atoms with E-state index in [1.807, 2.05) is 19.1 Å². The molecule has 0 aliphatic heterocycles. The van der Waals surface area contributed by atoms with Gasteiger partial charge in [-0.3, -0.25) is 0 Å². The van der Waals surface area contributed by atoms with Gasteiger partial charge in [0.2, 0.25) is 0 Å². The molecule has 0 unspecified atom stereocenters. The van der Waals surface area contributed by atoms with E-state index in [1.54, 1.807) is 11.7 Å². The summed E-state index contributed by atoms with van der Waals surface area (Å²) in [6.07, 6.45) is 8.63. The second kappa shape index (κ2) is 8.62. The van der Waals surface area contributed by atoms with Gasteiger partial charge in [-0.05, 0) is 64.0 Å². The Bertz CT molecular complexity index is 900. The average molecular weight is 414 g/mol. The summed E-state index contributed by atoms with van der Waals surface area (Å²) in [5, 5.41) is 11.4. The van der Waals surface area contributed by atoms with E-state index in [1.165, 1.54) is 12.8 Å². The first-order valence-electron chi connectivity index (χ1n) is 11.0. The number of alkyl carbamates (subject to hydrolysis) is 1. The number of nitrogens with zero attached hydrogens (tertiary/aromatic N) is 4. The zero-order chi connectivity index (χ0) is 21.1. The van der Waals surface area contributed by atoms with Crippen LogP contribution in [0.15, 0.2) is 12.1 Å². The summed E-state index contributed by atoms with van der Waals surface area (Å²) in [6.45, 7) is 4.16. The summed E-state index contributed by atoms with van der Waals surface area (Å²) in [5.41, 5.74) is 2.79. The normalized spacial score (nSPS) is 17.7. The number of pyridine rings is 1. The van der Waals surface area contributed by atoms with Crippen LogP contribution in [-0.2, 0) is 18.4 Å². The maximum atomic E-state index is 12.3. The van der Waals surface area contributed by atoms with Crippen LogP contribution in [0.1, 0.15) is 69.7 Å². The van der Waals surface area contributed by atoms with Crippen LogP contribution in [0.3, 0.4) is 0 Å². The van der Waals surface area contributed by atoms with Crippen molar-refractivity contribution in [3.05, 3.63) is 23.5 Å². The summed E-state index contributed by atoms with van der Waals surface area (Å²) in [6, 6.07) is 3.84. The van der Waals surface area contributed by atoms with E-state index in [-0.39, 0.29) is 18.2 Å². The van der Waals surface area contributed by atoms with Crippen molar-refractivity contribution in [3.8, 4) is 17.1 Å². The Hall–Kier alpha value is -2.64. The second-order valence-electron chi connectivity index (χ2n) is 8.54. The first kappa shape index (κ1) is 20.6. The maximum absolute atomic E-state index is 12.3. The number of aryl methyl sites for hydroxylation is 2. The number of aromatic nitrogens is 4. The molecule has 1 amide bonds. The van der Waals surface area contributed by atoms with Crippen LogP contribution < -0.4 is 10.1 Å². The molecule has 162 valence electrons. The Labute approximate surface area is 177 Å². The fourth-order valence-electron chi connectivity index (χ4n) is 4.18. The van der Waals surface area contributed by atoms with E-state index in [2.05, 4.69) is 27.5 Å². The molecule has 0 aromatic carbocycles. The largest absolute Gasteiger partial charge is 0.489 e. The van der Waals surface area contributed by atoms with Gasteiger partial charge in [-0.1, -0.05) is 18.6 Å². The lowest BCUT2D eigenvalue weighted by atomic mass is 10.1. The highest BCUT2D eigenvalue weighted by molar-refractivity contribution is 5.69. The molecule has 2 aromatic heterocycles. The van der Waals surface area contributed by atoms with Crippen molar-refractivity contribution < 1.29 is 14.3 Å². The molecule has 2 aliphatic carbocycles. The molecular formula is C22H31N5O3. The van der Waals surface area contributed by atoms with E-state index in [0.29, 0.717) is 17.1 Å². The lowest BCUT2D eigenvalue weighted by Gasteiger charge is -2.16. The number of ether oxygens (including phenoxy) is 2. The SMILES string of the molecule is CCCC1(NC(=O)OCc2c(-c3ccc(OC4CCCC4)c(C)n3)nnn2C)CC1. The lowest BCUT2D eigenvalue weighted by Crippen LogP contribution is -2.37. The summed E-state index contributed by atoms with van der Waals surface area (Å²) in [4.78, 5) is 17.0. The van der Waals surface area contributed by atoms with Gasteiger partial charge in [0.25, 0.3) is 0 Å². The van der Waals surface area contributed by atoms with Crippen LogP contribution in [-0.4, -0.2) is 37.7 Å². The molecule has 2 aliphatic rings. The Kier molecular flexibility index (Phi) is 5.92. The predicted octanol–water partition coefficient (Wildman–Crippen LogP) is 4.07. The van der Waals surface area contributed by atoms with Crippen LogP contribution >= 0.6 is 0 Å². The number of carbonyl (C=O) groups excluding carboxylic acids is 1. The second-order valence-corrected chi connectivity index (χ2v) is 8.54. The van der Waals surface area contributed by atoms with Crippen LogP contribution in [0.4, 0.5) is 4.79 Å². The molecule has 0 spiro atoms. The number of nitrogens with one attached hydrogen (secondary N) is 1. The van der Waals surface area contributed by atoms with Gasteiger partial charge in [0.05, 0.1) is 17.5 Å². The third kappa shape index (κ3) is 4.57. The molecule has 1 N–H and O–H groups in total. The van der Waals surface area contributed by atoms with E-state index in [0.717, 1.165) is 50.0 Å². The van der Waals surface area contributed by atoms with Crippen molar-refractivity contribution in [1.82, 2.24) is 25.3 Å². The van der Waals surface area contributed by atoms with Gasteiger partial charge in [-0.25, -0.2) is 14.5 Å². The monoisotopic (exact) mass is 413 g/mol. The van der Waals surface area contributed by atoms with Crippen LogP contribution in [0.2, 0.25) is 0 Å². The molecule has 0 saturated heterocycles. The Morgan fingerprint density at radius 2 is 2.07 bits per heavy atom. The molecule has 8 nitrogen and oxygen atoms in total.